The molecule has 0 saturated carbocycles. The highest BCUT2D eigenvalue weighted by atomic mass is 32.1. The van der Waals surface area contributed by atoms with E-state index in [1.165, 1.54) is 10.9 Å². The lowest BCUT2D eigenvalue weighted by Gasteiger charge is -2.04. The molecule has 90 valence electrons. The van der Waals surface area contributed by atoms with Gasteiger partial charge in [0.2, 0.25) is 0 Å². The number of nitrogens with zero attached hydrogens (tertiary/aromatic N) is 2. The van der Waals surface area contributed by atoms with Crippen LogP contribution in [0.15, 0.2) is 16.4 Å². The first kappa shape index (κ1) is 11.4. The van der Waals surface area contributed by atoms with Gasteiger partial charge in [-0.3, -0.25) is 14.3 Å². The van der Waals surface area contributed by atoms with Crippen LogP contribution in [-0.4, -0.2) is 20.7 Å². The zero-order valence-electron chi connectivity index (χ0n) is 9.06. The van der Waals surface area contributed by atoms with Crippen LogP contribution in [0.25, 0.3) is 0 Å². The first-order chi connectivity index (χ1) is 8.08. The van der Waals surface area contributed by atoms with Gasteiger partial charge in [-0.2, -0.15) is 5.10 Å². The van der Waals surface area contributed by atoms with E-state index >= 15 is 0 Å². The summed E-state index contributed by atoms with van der Waals surface area (Å²) >= 11 is 1.06. The average molecular weight is 253 g/mol. The fraction of sp³-hybridized carbons (Fsp3) is 0.222. The fourth-order valence-electron chi connectivity index (χ4n) is 1.39. The first-order valence-electron chi connectivity index (χ1n) is 4.80. The van der Waals surface area contributed by atoms with Crippen molar-refractivity contribution >= 4 is 22.9 Å². The van der Waals surface area contributed by atoms with Gasteiger partial charge in [0.1, 0.15) is 5.69 Å². The Bertz CT molecular complexity index is 577. The minimum atomic E-state index is -0.324. The van der Waals surface area contributed by atoms with Crippen LogP contribution in [0.3, 0.4) is 0 Å². The van der Waals surface area contributed by atoms with Crippen molar-refractivity contribution in [3.05, 3.63) is 32.6 Å². The Labute approximate surface area is 100 Å². The van der Waals surface area contributed by atoms with Crippen LogP contribution < -0.4 is 15.9 Å². The van der Waals surface area contributed by atoms with E-state index in [1.54, 1.807) is 12.4 Å². The molecule has 2 aromatic rings. The molecule has 0 aliphatic rings. The number of thiazole rings is 1. The van der Waals surface area contributed by atoms with Gasteiger partial charge >= 0.3 is 4.87 Å². The summed E-state index contributed by atoms with van der Waals surface area (Å²) in [5, 5.41) is 8.19. The lowest BCUT2D eigenvalue weighted by molar-refractivity contribution is 0.0942. The monoisotopic (exact) mass is 253 g/mol. The molecule has 8 heteroatoms. The summed E-state index contributed by atoms with van der Waals surface area (Å²) in [5.74, 6) is -0.324. The van der Waals surface area contributed by atoms with Crippen molar-refractivity contribution in [2.45, 2.75) is 6.54 Å². The molecule has 0 radical (unpaired) electrons. The zero-order valence-corrected chi connectivity index (χ0v) is 9.87. The van der Waals surface area contributed by atoms with Gasteiger partial charge in [-0.05, 0) is 0 Å². The molecular formula is C9H11N5O2S. The predicted molar refractivity (Wildman–Crippen MR) is 63.7 cm³/mol. The predicted octanol–water partition coefficient (Wildman–Crippen LogP) is -0.318. The number of H-pyrrole nitrogens is 1. The van der Waals surface area contributed by atoms with Gasteiger partial charge < -0.3 is 16.0 Å². The van der Waals surface area contributed by atoms with E-state index < -0.39 is 0 Å². The Morgan fingerprint density at radius 1 is 1.71 bits per heavy atom. The Morgan fingerprint density at radius 2 is 2.47 bits per heavy atom. The van der Waals surface area contributed by atoms with E-state index in [4.69, 9.17) is 5.73 Å². The van der Waals surface area contributed by atoms with Crippen LogP contribution >= 0.6 is 11.3 Å². The van der Waals surface area contributed by atoms with Crippen LogP contribution in [0.5, 0.6) is 0 Å². The standard InChI is InChI=1S/C9H11N5O2S/c1-14-7(6(10)3-12-14)8(15)11-2-5-4-17-9(16)13-5/h3-4H,2,10H2,1H3,(H,11,15)(H,13,16). The molecule has 0 spiro atoms. The number of nitrogen functional groups attached to an aromatic ring is 1. The maximum absolute atomic E-state index is 11.8. The number of nitrogens with one attached hydrogen (secondary N) is 2. The number of anilines is 1. The van der Waals surface area contributed by atoms with Crippen molar-refractivity contribution in [2.75, 3.05) is 5.73 Å². The highest BCUT2D eigenvalue weighted by Gasteiger charge is 2.14. The molecule has 0 aliphatic heterocycles. The molecule has 1 amide bonds. The number of aromatic amines is 1. The van der Waals surface area contributed by atoms with Gasteiger partial charge in [-0.1, -0.05) is 11.3 Å². The molecule has 0 aliphatic carbocycles. The molecule has 0 saturated heterocycles. The number of hydrogen-bond acceptors (Lipinski definition) is 5. The number of hydrogen-bond donors (Lipinski definition) is 3. The van der Waals surface area contributed by atoms with Gasteiger partial charge in [0, 0.05) is 18.1 Å². The summed E-state index contributed by atoms with van der Waals surface area (Å²) in [6, 6.07) is 0. The molecule has 2 aromatic heterocycles. The smallest absolute Gasteiger partial charge is 0.304 e. The van der Waals surface area contributed by atoms with Gasteiger partial charge in [-0.15, -0.1) is 0 Å². The third kappa shape index (κ3) is 2.36. The molecule has 4 N–H and O–H groups in total. The maximum atomic E-state index is 11.8. The number of rotatable bonds is 3. The van der Waals surface area contributed by atoms with E-state index in [0.29, 0.717) is 17.1 Å². The Balaban J connectivity index is 2.05. The van der Waals surface area contributed by atoms with Crippen LogP contribution in [0, 0.1) is 0 Å². The van der Waals surface area contributed by atoms with E-state index in [1.807, 2.05) is 0 Å². The van der Waals surface area contributed by atoms with Crippen LogP contribution in [0.1, 0.15) is 16.2 Å². The number of nitrogens with two attached hydrogens (primary N) is 1. The summed E-state index contributed by atoms with van der Waals surface area (Å²) in [6.07, 6.45) is 1.42. The highest BCUT2D eigenvalue weighted by molar-refractivity contribution is 7.07. The molecule has 0 atom stereocenters. The quantitative estimate of drug-likeness (QED) is 0.697. The number of aromatic nitrogens is 3. The summed E-state index contributed by atoms with van der Waals surface area (Å²) in [6.45, 7) is 0.252. The second-order valence-corrected chi connectivity index (χ2v) is 4.27. The maximum Gasteiger partial charge on any atom is 0.304 e. The molecule has 17 heavy (non-hydrogen) atoms. The largest absolute Gasteiger partial charge is 0.396 e. The minimum absolute atomic E-state index is 0.144. The van der Waals surface area contributed by atoms with Gasteiger partial charge in [0.05, 0.1) is 18.4 Å². The fourth-order valence-corrected chi connectivity index (χ4v) is 1.97. The van der Waals surface area contributed by atoms with Crippen molar-refractivity contribution in [2.24, 2.45) is 7.05 Å². The van der Waals surface area contributed by atoms with E-state index in [0.717, 1.165) is 11.3 Å². The summed E-state index contributed by atoms with van der Waals surface area (Å²) in [5.41, 5.74) is 6.91. The number of amides is 1. The molecule has 2 heterocycles. The average Bonchev–Trinajstić information content (AvgIpc) is 2.83. The van der Waals surface area contributed by atoms with Crippen LogP contribution in [0.2, 0.25) is 0 Å². The van der Waals surface area contributed by atoms with Crippen molar-refractivity contribution in [1.29, 1.82) is 0 Å². The lowest BCUT2D eigenvalue weighted by Crippen LogP contribution is -2.26. The topological polar surface area (TPSA) is 106 Å². The van der Waals surface area contributed by atoms with Crippen LogP contribution in [-0.2, 0) is 13.6 Å². The van der Waals surface area contributed by atoms with Crippen LogP contribution in [0.4, 0.5) is 5.69 Å². The first-order valence-corrected chi connectivity index (χ1v) is 5.68. The lowest BCUT2D eigenvalue weighted by atomic mass is 10.3. The SMILES string of the molecule is Cn1ncc(N)c1C(=O)NCc1csc(=O)[nH]1. The van der Waals surface area contributed by atoms with Crippen molar-refractivity contribution < 1.29 is 4.79 Å². The number of aryl methyl sites for hydroxylation is 1. The third-order valence-corrected chi connectivity index (χ3v) is 2.91. The van der Waals surface area contributed by atoms with Gasteiger partial charge in [0.25, 0.3) is 5.91 Å². The Morgan fingerprint density at radius 3 is 3.00 bits per heavy atom. The zero-order chi connectivity index (χ0) is 12.4. The molecule has 0 fully saturated rings. The normalized spacial score (nSPS) is 10.4. The second kappa shape index (κ2) is 4.42. The molecule has 0 aromatic carbocycles. The van der Waals surface area contributed by atoms with E-state index in [9.17, 15) is 9.59 Å². The third-order valence-electron chi connectivity index (χ3n) is 2.19. The summed E-state index contributed by atoms with van der Waals surface area (Å²) < 4.78 is 1.40. The number of carbonyl (C=O) groups excluding carboxylic acids is 1. The van der Waals surface area contributed by atoms with Crippen molar-refractivity contribution in [3.63, 3.8) is 0 Å². The van der Waals surface area contributed by atoms with Crippen molar-refractivity contribution in [3.8, 4) is 0 Å². The Hall–Kier alpha value is -2.09. The number of carbonyl (C=O) groups is 1. The van der Waals surface area contributed by atoms with E-state index in [2.05, 4.69) is 15.4 Å². The molecule has 2 rings (SSSR count). The van der Waals surface area contributed by atoms with Crippen molar-refractivity contribution in [1.82, 2.24) is 20.1 Å². The molecule has 7 nitrogen and oxygen atoms in total. The molecular weight excluding hydrogens is 242 g/mol. The summed E-state index contributed by atoms with van der Waals surface area (Å²) in [7, 11) is 1.64. The van der Waals surface area contributed by atoms with E-state index in [-0.39, 0.29) is 17.3 Å². The van der Waals surface area contributed by atoms with Gasteiger partial charge in [-0.25, -0.2) is 0 Å². The molecule has 0 unspecified atom stereocenters. The highest BCUT2D eigenvalue weighted by Crippen LogP contribution is 2.08. The molecule has 0 bridgehead atoms. The van der Waals surface area contributed by atoms with Gasteiger partial charge in [0.15, 0.2) is 0 Å². The minimum Gasteiger partial charge on any atom is -0.396 e. The summed E-state index contributed by atoms with van der Waals surface area (Å²) in [4.78, 5) is 25.1. The Kier molecular flexibility index (Phi) is 2.96. The second-order valence-electron chi connectivity index (χ2n) is 3.43.